The predicted octanol–water partition coefficient (Wildman–Crippen LogP) is 5.69. The zero-order valence-electron chi connectivity index (χ0n) is 13.5. The van der Waals surface area contributed by atoms with E-state index < -0.39 is 0 Å². The summed E-state index contributed by atoms with van der Waals surface area (Å²) in [4.78, 5) is 0. The van der Waals surface area contributed by atoms with E-state index in [0.717, 1.165) is 15.2 Å². The Balaban J connectivity index is 0.00000361. The zero-order chi connectivity index (χ0) is 14.6. The minimum absolute atomic E-state index is 0. The Labute approximate surface area is 148 Å². The maximum Gasteiger partial charge on any atom is 0.0495 e. The molecule has 0 N–H and O–H groups in total. The van der Waals surface area contributed by atoms with Gasteiger partial charge in [0.05, 0.1) is 0 Å². The molecule has 0 amide bonds. The van der Waals surface area contributed by atoms with Gasteiger partial charge in [0.15, 0.2) is 0 Å². The Kier molecular flexibility index (Phi) is 9.20. The second-order valence-electron chi connectivity index (χ2n) is 6.51. The van der Waals surface area contributed by atoms with Crippen LogP contribution in [0.3, 0.4) is 0 Å². The Bertz CT molecular complexity index is 434. The topological polar surface area (TPSA) is 0 Å². The van der Waals surface area contributed by atoms with Crippen LogP contribution in [0.5, 0.6) is 0 Å². The van der Waals surface area contributed by atoms with E-state index in [1.165, 1.54) is 18.1 Å². The van der Waals surface area contributed by atoms with E-state index in [2.05, 4.69) is 40.7 Å². The summed E-state index contributed by atoms with van der Waals surface area (Å²) in [7, 11) is 0.689. The summed E-state index contributed by atoms with van der Waals surface area (Å²) in [5.74, 6) is 0.707. The minimum Gasteiger partial charge on any atom is -0.0836 e. The number of rotatable bonds is 5. The first-order chi connectivity index (χ1) is 8.70. The summed E-state index contributed by atoms with van der Waals surface area (Å²) >= 11 is 11.8. The molecule has 1 aromatic rings. The third kappa shape index (κ3) is 7.06. The molecule has 107 valence electrons. The van der Waals surface area contributed by atoms with Crippen molar-refractivity contribution in [2.45, 2.75) is 41.0 Å². The molecule has 0 aliphatic heterocycles. The molecule has 20 heavy (non-hydrogen) atoms. The summed E-state index contributed by atoms with van der Waals surface area (Å²) in [5.41, 5.74) is 2.67. The standard InChI is InChI=1S/C16H24ClPS.Li/c1-11(9-16(3,4)5)10-18-15(19)14-12(2)7-6-8-13(14)17;/h6-8,11,18H,9-10H2,1-5H3;. The molecule has 0 spiro atoms. The molecular formula is C16H24ClLiPS. The molecule has 0 bridgehead atoms. The van der Waals surface area contributed by atoms with Crippen molar-refractivity contribution in [3.05, 3.63) is 34.3 Å². The van der Waals surface area contributed by atoms with Gasteiger partial charge in [-0.3, -0.25) is 0 Å². The minimum atomic E-state index is 0. The average Bonchev–Trinajstić information content (AvgIpc) is 2.23. The van der Waals surface area contributed by atoms with Gasteiger partial charge in [-0.15, -0.1) is 0 Å². The summed E-state index contributed by atoms with van der Waals surface area (Å²) in [6, 6.07) is 5.99. The van der Waals surface area contributed by atoms with Crippen molar-refractivity contribution in [2.75, 3.05) is 6.16 Å². The summed E-state index contributed by atoms with van der Waals surface area (Å²) in [6.45, 7) is 11.3. The second-order valence-corrected chi connectivity index (χ2v) is 8.95. The molecule has 0 saturated carbocycles. The van der Waals surface area contributed by atoms with Crippen LogP contribution in [-0.4, -0.2) is 29.6 Å². The van der Waals surface area contributed by atoms with E-state index in [-0.39, 0.29) is 18.9 Å². The molecule has 1 radical (unpaired) electrons. The van der Waals surface area contributed by atoms with Crippen LogP contribution in [-0.2, 0) is 0 Å². The van der Waals surface area contributed by atoms with Crippen molar-refractivity contribution < 1.29 is 0 Å². The molecule has 1 aromatic carbocycles. The van der Waals surface area contributed by atoms with Crippen LogP contribution in [0.15, 0.2) is 18.2 Å². The normalized spacial score (nSPS) is 13.3. The summed E-state index contributed by atoms with van der Waals surface area (Å²) in [6.07, 6.45) is 2.41. The molecule has 0 saturated heterocycles. The Morgan fingerprint density at radius 2 is 1.95 bits per heavy atom. The van der Waals surface area contributed by atoms with Gasteiger partial charge in [-0.05, 0) is 42.5 Å². The predicted molar refractivity (Wildman–Crippen MR) is 100 cm³/mol. The number of hydrogen-bond acceptors (Lipinski definition) is 1. The van der Waals surface area contributed by atoms with Gasteiger partial charge in [0.1, 0.15) is 0 Å². The summed E-state index contributed by atoms with van der Waals surface area (Å²) in [5, 5.41) is 0.793. The molecular weight excluding hydrogens is 298 g/mol. The number of hydrogen-bond donors (Lipinski definition) is 0. The van der Waals surface area contributed by atoms with Crippen molar-refractivity contribution in [1.82, 2.24) is 0 Å². The van der Waals surface area contributed by atoms with Crippen LogP contribution < -0.4 is 0 Å². The zero-order valence-corrected chi connectivity index (χ0v) is 16.1. The number of aryl methyl sites for hydroxylation is 1. The Morgan fingerprint density at radius 3 is 2.45 bits per heavy atom. The summed E-state index contributed by atoms with van der Waals surface area (Å²) < 4.78 is 1.03. The third-order valence-electron chi connectivity index (χ3n) is 3.02. The van der Waals surface area contributed by atoms with E-state index in [0.29, 0.717) is 19.9 Å². The Hall–Kier alpha value is 0.627. The van der Waals surface area contributed by atoms with Gasteiger partial charge in [0.25, 0.3) is 0 Å². The fraction of sp³-hybridized carbons (Fsp3) is 0.562. The quantitative estimate of drug-likeness (QED) is 0.381. The fourth-order valence-electron chi connectivity index (χ4n) is 2.39. The first kappa shape index (κ1) is 20.6. The van der Waals surface area contributed by atoms with Gasteiger partial charge in [-0.1, -0.05) is 72.2 Å². The first-order valence-electron chi connectivity index (χ1n) is 6.74. The Morgan fingerprint density at radius 1 is 1.35 bits per heavy atom. The molecule has 2 atom stereocenters. The van der Waals surface area contributed by atoms with Gasteiger partial charge >= 0.3 is 0 Å². The van der Waals surface area contributed by atoms with E-state index in [1.54, 1.807) is 0 Å². The molecule has 0 heterocycles. The largest absolute Gasteiger partial charge is 0.0836 e. The van der Waals surface area contributed by atoms with Gasteiger partial charge in [0.2, 0.25) is 0 Å². The molecule has 0 nitrogen and oxygen atoms in total. The van der Waals surface area contributed by atoms with Crippen LogP contribution in [0.4, 0.5) is 0 Å². The van der Waals surface area contributed by atoms with Crippen LogP contribution in [0, 0.1) is 18.3 Å². The van der Waals surface area contributed by atoms with E-state index >= 15 is 0 Å². The molecule has 0 fully saturated rings. The van der Waals surface area contributed by atoms with Crippen molar-refractivity contribution in [2.24, 2.45) is 11.3 Å². The van der Waals surface area contributed by atoms with Gasteiger partial charge < -0.3 is 0 Å². The smallest absolute Gasteiger partial charge is 0.0495 e. The first-order valence-corrected chi connectivity index (χ1v) is 8.73. The monoisotopic (exact) mass is 321 g/mol. The molecule has 0 aromatic heterocycles. The van der Waals surface area contributed by atoms with Crippen LogP contribution >= 0.6 is 32.4 Å². The van der Waals surface area contributed by atoms with Crippen molar-refractivity contribution in [1.29, 1.82) is 0 Å². The van der Waals surface area contributed by atoms with Gasteiger partial charge in [-0.25, -0.2) is 0 Å². The van der Waals surface area contributed by atoms with E-state index in [4.69, 9.17) is 23.8 Å². The van der Waals surface area contributed by atoms with Gasteiger partial charge in [-0.2, -0.15) is 0 Å². The maximum absolute atomic E-state index is 6.26. The molecule has 4 heteroatoms. The van der Waals surface area contributed by atoms with Crippen molar-refractivity contribution >= 4 is 55.9 Å². The number of halogens is 1. The number of thiocarbonyl (C=S) groups is 1. The molecule has 1 rings (SSSR count). The van der Waals surface area contributed by atoms with Gasteiger partial charge in [0, 0.05) is 34.1 Å². The van der Waals surface area contributed by atoms with Crippen LogP contribution in [0.2, 0.25) is 5.02 Å². The average molecular weight is 322 g/mol. The molecule has 2 unspecified atom stereocenters. The van der Waals surface area contributed by atoms with Crippen molar-refractivity contribution in [3.63, 3.8) is 0 Å². The van der Waals surface area contributed by atoms with Crippen LogP contribution in [0.25, 0.3) is 0 Å². The van der Waals surface area contributed by atoms with E-state index in [9.17, 15) is 0 Å². The molecule has 0 aliphatic rings. The third-order valence-corrected chi connectivity index (χ3v) is 5.45. The van der Waals surface area contributed by atoms with Crippen LogP contribution in [0.1, 0.15) is 45.2 Å². The van der Waals surface area contributed by atoms with E-state index in [1.807, 2.05) is 12.1 Å². The SMILES string of the molecule is Cc1cccc(Cl)c1C(=S)PCC(C)CC(C)(C)C.[Li]. The van der Waals surface area contributed by atoms with Crippen molar-refractivity contribution in [3.8, 4) is 0 Å². The number of benzene rings is 1. The second kappa shape index (κ2) is 8.92. The molecule has 0 aliphatic carbocycles. The fourth-order valence-corrected chi connectivity index (χ4v) is 4.55. The maximum atomic E-state index is 6.26.